The molecule has 0 fully saturated rings. The van der Waals surface area contributed by atoms with Gasteiger partial charge in [-0.1, -0.05) is 42.8 Å². The predicted molar refractivity (Wildman–Crippen MR) is 109 cm³/mol. The van der Waals surface area contributed by atoms with E-state index in [1.54, 1.807) is 6.07 Å². The van der Waals surface area contributed by atoms with Crippen LogP contribution < -0.4 is 14.2 Å². The summed E-state index contributed by atoms with van der Waals surface area (Å²) in [6.07, 6.45) is 2.72. The van der Waals surface area contributed by atoms with E-state index in [-0.39, 0.29) is 5.75 Å². The third-order valence-corrected chi connectivity index (χ3v) is 4.37. The van der Waals surface area contributed by atoms with Gasteiger partial charge < -0.3 is 19.3 Å². The molecule has 0 saturated heterocycles. The smallest absolute Gasteiger partial charge is 0.166 e. The average molecular weight is 423 g/mol. The van der Waals surface area contributed by atoms with Gasteiger partial charge in [0.2, 0.25) is 0 Å². The quantitative estimate of drug-likeness (QED) is 0.495. The zero-order valence-electron chi connectivity index (χ0n) is 15.7. The van der Waals surface area contributed by atoms with Crippen molar-refractivity contribution in [1.29, 1.82) is 0 Å². The molecule has 2 aromatic carbocycles. The highest BCUT2D eigenvalue weighted by atomic mass is 79.9. The van der Waals surface area contributed by atoms with Gasteiger partial charge in [-0.15, -0.1) is 0 Å². The van der Waals surface area contributed by atoms with Crippen LogP contribution in [0.25, 0.3) is 11.1 Å². The third-order valence-electron chi connectivity index (χ3n) is 3.71. The molecule has 5 heteroatoms. The Morgan fingerprint density at radius 1 is 0.769 bits per heavy atom. The number of aromatic hydroxyl groups is 1. The first-order chi connectivity index (χ1) is 12.6. The Morgan fingerprint density at radius 3 is 1.92 bits per heavy atom. The van der Waals surface area contributed by atoms with Crippen LogP contribution in [-0.4, -0.2) is 24.9 Å². The molecule has 0 saturated carbocycles. The zero-order valence-corrected chi connectivity index (χ0v) is 17.3. The molecule has 0 aliphatic heterocycles. The molecule has 0 radical (unpaired) electrons. The first-order valence-electron chi connectivity index (χ1n) is 9.16. The van der Waals surface area contributed by atoms with Gasteiger partial charge in [0.25, 0.3) is 0 Å². The first-order valence-corrected chi connectivity index (χ1v) is 9.95. The summed E-state index contributed by atoms with van der Waals surface area (Å²) in [5, 5.41) is 10.7. The fourth-order valence-corrected chi connectivity index (χ4v) is 3.02. The molecule has 0 aliphatic carbocycles. The van der Waals surface area contributed by atoms with Crippen LogP contribution in [0.2, 0.25) is 0 Å². The van der Waals surface area contributed by atoms with Crippen molar-refractivity contribution in [2.45, 2.75) is 40.0 Å². The maximum Gasteiger partial charge on any atom is 0.166 e. The van der Waals surface area contributed by atoms with Crippen LogP contribution in [0, 0.1) is 0 Å². The van der Waals surface area contributed by atoms with E-state index in [2.05, 4.69) is 29.8 Å². The summed E-state index contributed by atoms with van der Waals surface area (Å²) in [6.45, 7) is 7.97. The lowest BCUT2D eigenvalue weighted by Gasteiger charge is -2.16. The summed E-state index contributed by atoms with van der Waals surface area (Å²) in [5.41, 5.74) is 1.52. The van der Waals surface area contributed by atoms with Crippen molar-refractivity contribution in [2.75, 3.05) is 19.8 Å². The highest BCUT2D eigenvalue weighted by molar-refractivity contribution is 9.10. The second kappa shape index (κ2) is 10.3. The van der Waals surface area contributed by atoms with E-state index < -0.39 is 0 Å². The van der Waals surface area contributed by atoms with Gasteiger partial charge >= 0.3 is 0 Å². The Labute approximate surface area is 164 Å². The number of ether oxygens (including phenoxy) is 3. The molecule has 1 N–H and O–H groups in total. The molecule has 142 valence electrons. The largest absolute Gasteiger partial charge is 0.504 e. The van der Waals surface area contributed by atoms with Gasteiger partial charge in [0.15, 0.2) is 23.0 Å². The van der Waals surface area contributed by atoms with Crippen molar-refractivity contribution < 1.29 is 19.3 Å². The maximum atomic E-state index is 10.7. The number of halogens is 1. The highest BCUT2D eigenvalue weighted by Gasteiger charge is 2.17. The highest BCUT2D eigenvalue weighted by Crippen LogP contribution is 2.44. The fourth-order valence-electron chi connectivity index (χ4n) is 2.47. The first kappa shape index (κ1) is 20.4. The lowest BCUT2D eigenvalue weighted by Crippen LogP contribution is -2.01. The lowest BCUT2D eigenvalue weighted by atomic mass is 10.0. The summed E-state index contributed by atoms with van der Waals surface area (Å²) < 4.78 is 18.1. The van der Waals surface area contributed by atoms with Gasteiger partial charge in [-0.25, -0.2) is 0 Å². The van der Waals surface area contributed by atoms with Crippen LogP contribution in [0.3, 0.4) is 0 Å². The number of phenols is 1. The molecule has 0 bridgehead atoms. The van der Waals surface area contributed by atoms with Crippen LogP contribution in [0.4, 0.5) is 0 Å². The summed E-state index contributed by atoms with van der Waals surface area (Å²) in [7, 11) is 0. The van der Waals surface area contributed by atoms with Crippen LogP contribution in [0.5, 0.6) is 23.0 Å². The number of phenolic OH excluding ortho intramolecular Hbond substituents is 1. The Bertz CT molecular complexity index is 715. The topological polar surface area (TPSA) is 47.9 Å². The average Bonchev–Trinajstić information content (AvgIpc) is 2.65. The molecular formula is C21H27BrO4. The molecule has 4 nitrogen and oxygen atoms in total. The van der Waals surface area contributed by atoms with Crippen molar-refractivity contribution in [3.05, 3.63) is 34.8 Å². The standard InChI is InChI=1S/C21H27BrO4/c1-4-11-24-17-9-7-15(14-19(17)26-13-6-3)20-16(22)8-10-18(21(20)23)25-12-5-2/h7-10,14,23H,4-6,11-13H2,1-3H3. The molecule has 0 atom stereocenters. The minimum Gasteiger partial charge on any atom is -0.504 e. The molecule has 0 aliphatic rings. The van der Waals surface area contributed by atoms with Gasteiger partial charge in [0.05, 0.1) is 19.8 Å². The van der Waals surface area contributed by atoms with E-state index in [9.17, 15) is 5.11 Å². The molecule has 0 amide bonds. The third kappa shape index (κ3) is 5.07. The Morgan fingerprint density at radius 2 is 1.31 bits per heavy atom. The Kier molecular flexibility index (Phi) is 8.10. The van der Waals surface area contributed by atoms with Gasteiger partial charge in [0, 0.05) is 10.0 Å². The second-order valence-corrected chi connectivity index (χ2v) is 6.83. The molecule has 0 heterocycles. The van der Waals surface area contributed by atoms with Crippen LogP contribution in [-0.2, 0) is 0 Å². The Hall–Kier alpha value is -1.88. The molecule has 2 rings (SSSR count). The summed E-state index contributed by atoms with van der Waals surface area (Å²) in [4.78, 5) is 0. The van der Waals surface area contributed by atoms with Crippen molar-refractivity contribution in [3.63, 3.8) is 0 Å². The minimum absolute atomic E-state index is 0.122. The lowest BCUT2D eigenvalue weighted by molar-refractivity contribution is 0.268. The van der Waals surface area contributed by atoms with Crippen molar-refractivity contribution in [2.24, 2.45) is 0 Å². The molecule has 26 heavy (non-hydrogen) atoms. The van der Waals surface area contributed by atoms with E-state index in [0.29, 0.717) is 36.9 Å². The van der Waals surface area contributed by atoms with Gasteiger partial charge in [-0.05, 0) is 49.1 Å². The fraction of sp³-hybridized carbons (Fsp3) is 0.429. The van der Waals surface area contributed by atoms with Crippen molar-refractivity contribution >= 4 is 15.9 Å². The summed E-state index contributed by atoms with van der Waals surface area (Å²) >= 11 is 3.54. The Balaban J connectivity index is 2.43. The molecule has 0 spiro atoms. The molecule has 2 aromatic rings. The van der Waals surface area contributed by atoms with Crippen molar-refractivity contribution in [1.82, 2.24) is 0 Å². The molecule has 0 unspecified atom stereocenters. The van der Waals surface area contributed by atoms with Gasteiger partial charge in [0.1, 0.15) is 0 Å². The van der Waals surface area contributed by atoms with E-state index in [0.717, 1.165) is 35.0 Å². The van der Waals surface area contributed by atoms with E-state index in [4.69, 9.17) is 14.2 Å². The number of hydrogen-bond donors (Lipinski definition) is 1. The maximum absolute atomic E-state index is 10.7. The zero-order chi connectivity index (χ0) is 18.9. The summed E-state index contributed by atoms with van der Waals surface area (Å²) in [6, 6.07) is 9.37. The van der Waals surface area contributed by atoms with Gasteiger partial charge in [-0.3, -0.25) is 0 Å². The van der Waals surface area contributed by atoms with Crippen LogP contribution >= 0.6 is 15.9 Å². The number of hydrogen-bond acceptors (Lipinski definition) is 4. The van der Waals surface area contributed by atoms with E-state index in [1.165, 1.54) is 0 Å². The monoisotopic (exact) mass is 422 g/mol. The summed E-state index contributed by atoms with van der Waals surface area (Å²) in [5.74, 6) is 2.01. The van der Waals surface area contributed by atoms with E-state index >= 15 is 0 Å². The number of rotatable bonds is 10. The SMILES string of the molecule is CCCOc1ccc(-c2c(Br)ccc(OCCC)c2O)cc1OCCC. The predicted octanol–water partition coefficient (Wildman–Crippen LogP) is 6.19. The minimum atomic E-state index is 0.122. The number of benzene rings is 2. The van der Waals surface area contributed by atoms with Crippen LogP contribution in [0.1, 0.15) is 40.0 Å². The normalized spacial score (nSPS) is 10.6. The second-order valence-electron chi connectivity index (χ2n) is 5.98. The van der Waals surface area contributed by atoms with Gasteiger partial charge in [-0.2, -0.15) is 0 Å². The van der Waals surface area contributed by atoms with Crippen molar-refractivity contribution in [3.8, 4) is 34.1 Å². The molecular weight excluding hydrogens is 396 g/mol. The van der Waals surface area contributed by atoms with E-state index in [1.807, 2.05) is 31.2 Å². The van der Waals surface area contributed by atoms with Crippen LogP contribution in [0.15, 0.2) is 34.8 Å². The molecule has 0 aromatic heterocycles.